The summed E-state index contributed by atoms with van der Waals surface area (Å²) in [5.74, 6) is -1.85. The molecule has 3 heterocycles. The zero-order valence-corrected chi connectivity index (χ0v) is 61.0. The van der Waals surface area contributed by atoms with E-state index in [0.717, 1.165) is 167 Å². The van der Waals surface area contributed by atoms with Crippen LogP contribution in [0.3, 0.4) is 0 Å². The first kappa shape index (κ1) is 90.4. The Hall–Kier alpha value is -3.78. The number of rotatable bonds is 59. The molecular weight excluding hydrogens is 1300 g/mol. The molecule has 3 aliphatic rings. The van der Waals surface area contributed by atoms with Crippen LogP contribution >= 0.6 is 0 Å². The second kappa shape index (κ2) is 54.8. The Morgan fingerprint density at radius 3 is 1.05 bits per heavy atom. The van der Waals surface area contributed by atoms with E-state index in [2.05, 4.69) is 22.9 Å². The van der Waals surface area contributed by atoms with Crippen molar-refractivity contribution in [1.29, 1.82) is 0 Å². The molecule has 0 saturated carbocycles. The third-order valence-electron chi connectivity index (χ3n) is 19.6. The van der Waals surface area contributed by atoms with Gasteiger partial charge in [-0.3, -0.25) is 24.0 Å². The van der Waals surface area contributed by atoms with Gasteiger partial charge in [0.2, 0.25) is 11.8 Å². The van der Waals surface area contributed by atoms with Gasteiger partial charge in [-0.05, 0) is 102 Å². The highest BCUT2D eigenvalue weighted by Gasteiger charge is 2.45. The minimum atomic E-state index is -1.19. The summed E-state index contributed by atoms with van der Waals surface area (Å²) in [4.78, 5) is 74.7. The molecule has 27 nitrogen and oxygen atoms in total. The van der Waals surface area contributed by atoms with Crippen LogP contribution < -0.4 is 16.0 Å². The molecule has 0 aromatic rings. The van der Waals surface area contributed by atoms with Gasteiger partial charge in [0.05, 0.1) is 77.8 Å². The lowest BCUT2D eigenvalue weighted by Gasteiger charge is -2.40. The van der Waals surface area contributed by atoms with E-state index in [4.69, 9.17) is 42.6 Å². The average Bonchev–Trinajstić information content (AvgIpc) is 0.837. The van der Waals surface area contributed by atoms with E-state index >= 15 is 0 Å². The number of carbonyl (C=O) groups excluding carboxylic acids is 6. The molecular formula is C73H133N3O24. The Morgan fingerprint density at radius 1 is 0.340 bits per heavy atom. The summed E-state index contributed by atoms with van der Waals surface area (Å²) >= 11 is 0. The molecule has 3 aliphatic heterocycles. The first-order valence-electron chi connectivity index (χ1n) is 38.1. The van der Waals surface area contributed by atoms with Crippen LogP contribution in [-0.4, -0.2) is 234 Å². The molecule has 0 radical (unpaired) electrons. The number of amides is 3. The Morgan fingerprint density at radius 2 is 0.650 bits per heavy atom. The fraction of sp³-hybridized carbons (Fsp3) is 0.918. The first-order valence-corrected chi connectivity index (χ1v) is 38.1. The molecule has 27 heteroatoms. The van der Waals surface area contributed by atoms with Gasteiger partial charge in [0, 0.05) is 75.9 Å². The second-order valence-corrected chi connectivity index (χ2v) is 28.3. The standard InChI is InChI=1S/C73H133N3O24/c1-52-63(85)66(88)56(49-77)98-69(52)94-45-27-32-55(80)31-17-9-5-6-12-24-42-76-72(91)97-44-26-16-21-38-73(4,39-30-48-93-62(84)36-19-11-8-14-23-41-75-60(82)34-29-47-96-71-54(3)65(87)68(90)58(51-79)100-71)37-20-15-25-43-92-61(83)35-18-10-7-13-22-40-74-59(81)33-28-46-95-70-53(2)64(86)67(89)57(50-78)99-70/h52-54,56-58,63-71,77-79,85-90H,5-51H2,1-4H3,(H,74,81)(H,75,82)(H,76,91). The zero-order valence-electron chi connectivity index (χ0n) is 61.0. The molecule has 584 valence electrons. The van der Waals surface area contributed by atoms with Crippen LogP contribution in [0.25, 0.3) is 0 Å². The molecule has 3 fully saturated rings. The summed E-state index contributed by atoms with van der Waals surface area (Å²) in [5.41, 5.74) is 0.00195. The third kappa shape index (κ3) is 38.8. The number of alkyl carbamates (subject to hydrolysis) is 1. The number of ketones is 1. The summed E-state index contributed by atoms with van der Waals surface area (Å²) in [7, 11) is 0. The van der Waals surface area contributed by atoms with E-state index in [9.17, 15) is 74.7 Å². The summed E-state index contributed by atoms with van der Waals surface area (Å²) in [6.07, 6.45) is 14.2. The first-order chi connectivity index (χ1) is 48.1. The minimum Gasteiger partial charge on any atom is -0.466 e. The maximum absolute atomic E-state index is 12.7. The monoisotopic (exact) mass is 1440 g/mol. The molecule has 0 bridgehead atoms. The van der Waals surface area contributed by atoms with Gasteiger partial charge in [0.15, 0.2) is 18.9 Å². The topological polar surface area (TPSA) is 404 Å². The van der Waals surface area contributed by atoms with Gasteiger partial charge in [-0.1, -0.05) is 118 Å². The zero-order chi connectivity index (χ0) is 73.3. The summed E-state index contributed by atoms with van der Waals surface area (Å²) in [5, 5.41) is 97.6. The number of aliphatic hydroxyl groups is 9. The van der Waals surface area contributed by atoms with Crippen molar-refractivity contribution >= 4 is 35.6 Å². The fourth-order valence-corrected chi connectivity index (χ4v) is 12.8. The van der Waals surface area contributed by atoms with Crippen LogP contribution in [0.1, 0.15) is 252 Å². The Balaban J connectivity index is 1.24. The van der Waals surface area contributed by atoms with Crippen molar-refractivity contribution in [2.24, 2.45) is 23.2 Å². The maximum atomic E-state index is 12.7. The maximum Gasteiger partial charge on any atom is 0.407 e. The van der Waals surface area contributed by atoms with Crippen LogP contribution in [0.5, 0.6) is 0 Å². The number of esters is 2. The number of nitrogens with one attached hydrogen (secondary N) is 3. The van der Waals surface area contributed by atoms with Crippen LogP contribution in [0, 0.1) is 23.2 Å². The molecule has 3 saturated heterocycles. The Labute approximate surface area is 595 Å². The van der Waals surface area contributed by atoms with E-state index in [0.29, 0.717) is 84.4 Å². The van der Waals surface area contributed by atoms with Crippen molar-refractivity contribution in [2.75, 3.05) is 79.1 Å². The lowest BCUT2D eigenvalue weighted by Crippen LogP contribution is -2.55. The van der Waals surface area contributed by atoms with Crippen LogP contribution in [0.15, 0.2) is 0 Å². The Bertz CT molecular complexity index is 2170. The van der Waals surface area contributed by atoms with E-state index in [1.165, 1.54) is 0 Å². The molecule has 3 rings (SSSR count). The summed E-state index contributed by atoms with van der Waals surface area (Å²) < 4.78 is 50.5. The Kier molecular flexibility index (Phi) is 49.5. The van der Waals surface area contributed by atoms with E-state index in [1.54, 1.807) is 20.8 Å². The molecule has 0 spiro atoms. The van der Waals surface area contributed by atoms with Crippen LogP contribution in [0.2, 0.25) is 0 Å². The average molecular weight is 1440 g/mol. The summed E-state index contributed by atoms with van der Waals surface area (Å²) in [6.45, 7) is 9.50. The molecule has 16 unspecified atom stereocenters. The SMILES string of the molecule is CC1C(OCCCC(=O)CCCCCCCCNC(=O)OCCCCCC(C)(CCCCCOC(=O)CCCCCCCNC(=O)CCCOC2OC(CO)C(O)C(O)C2C)CCCOC(=O)CCCCCCCNC(=O)CCCOC2OC(CO)C(O)C(O)C2C)OC(CO)C(O)C1O. The lowest BCUT2D eigenvalue weighted by atomic mass is 9.76. The molecule has 0 aromatic heterocycles. The van der Waals surface area contributed by atoms with Gasteiger partial charge in [-0.25, -0.2) is 4.79 Å². The quantitative estimate of drug-likeness (QED) is 0.0175. The molecule has 0 aromatic carbocycles. The number of hydrogen-bond acceptors (Lipinski definition) is 24. The second-order valence-electron chi connectivity index (χ2n) is 28.3. The minimum absolute atomic E-state index is 0.00195. The predicted molar refractivity (Wildman–Crippen MR) is 371 cm³/mol. The summed E-state index contributed by atoms with van der Waals surface area (Å²) in [6, 6.07) is 0. The van der Waals surface area contributed by atoms with Gasteiger partial charge in [-0.15, -0.1) is 0 Å². The van der Waals surface area contributed by atoms with Gasteiger partial charge in [-0.2, -0.15) is 0 Å². The number of carbonyl (C=O) groups is 6. The molecule has 3 amide bonds. The molecule has 0 aliphatic carbocycles. The number of Topliss-reactive ketones (excluding diaryl/α,β-unsaturated/α-hetero) is 1. The van der Waals surface area contributed by atoms with Gasteiger partial charge >= 0.3 is 18.0 Å². The van der Waals surface area contributed by atoms with Crippen molar-refractivity contribution in [2.45, 2.75) is 326 Å². The molecule has 16 atom stereocenters. The van der Waals surface area contributed by atoms with Crippen molar-refractivity contribution in [3.05, 3.63) is 0 Å². The van der Waals surface area contributed by atoms with Crippen LogP contribution in [0.4, 0.5) is 4.79 Å². The van der Waals surface area contributed by atoms with Crippen molar-refractivity contribution in [1.82, 2.24) is 16.0 Å². The molecule has 100 heavy (non-hydrogen) atoms. The number of unbranched alkanes of at least 4 members (excludes halogenated alkanes) is 17. The van der Waals surface area contributed by atoms with Crippen molar-refractivity contribution < 1.29 is 117 Å². The van der Waals surface area contributed by atoms with Crippen LogP contribution in [-0.2, 0) is 66.6 Å². The van der Waals surface area contributed by atoms with Crippen molar-refractivity contribution in [3.63, 3.8) is 0 Å². The van der Waals surface area contributed by atoms with Crippen molar-refractivity contribution in [3.8, 4) is 0 Å². The largest absolute Gasteiger partial charge is 0.466 e. The van der Waals surface area contributed by atoms with E-state index in [1.807, 2.05) is 0 Å². The fourth-order valence-electron chi connectivity index (χ4n) is 12.8. The van der Waals surface area contributed by atoms with Gasteiger partial charge in [0.25, 0.3) is 0 Å². The number of ether oxygens (including phenoxy) is 9. The highest BCUT2D eigenvalue weighted by molar-refractivity contribution is 5.78. The van der Waals surface area contributed by atoms with E-state index in [-0.39, 0.29) is 67.6 Å². The smallest absolute Gasteiger partial charge is 0.407 e. The number of aliphatic hydroxyl groups excluding tert-OH is 9. The lowest BCUT2D eigenvalue weighted by molar-refractivity contribution is -0.282. The van der Waals surface area contributed by atoms with Gasteiger partial charge < -0.3 is 105 Å². The highest BCUT2D eigenvalue weighted by Crippen LogP contribution is 2.36. The molecule has 12 N–H and O–H groups in total. The van der Waals surface area contributed by atoms with E-state index < -0.39 is 117 Å². The van der Waals surface area contributed by atoms with Gasteiger partial charge in [0.1, 0.15) is 42.4 Å². The predicted octanol–water partition coefficient (Wildman–Crippen LogP) is 6.54. The highest BCUT2D eigenvalue weighted by atomic mass is 16.7. The third-order valence-corrected chi connectivity index (χ3v) is 19.6. The number of hydrogen-bond donors (Lipinski definition) is 12. The normalized spacial score (nSPS) is 25.9.